The van der Waals surface area contributed by atoms with Gasteiger partial charge in [-0.1, -0.05) is 5.11 Å². The molecule has 9 rings (SSSR count). The van der Waals surface area contributed by atoms with Gasteiger partial charge in [-0.05, 0) is 93.2 Å². The summed E-state index contributed by atoms with van der Waals surface area (Å²) in [5, 5.41) is 40.7. The smallest absolute Gasteiger partial charge is 0.497 e. The number of imidazole rings is 1. The molecule has 1 unspecified atom stereocenters. The fraction of sp³-hybridized carbons (Fsp3) is 0.489. The number of phenolic OH excluding ortho intramolecular Hbond substituents is 2. The average Bonchev–Trinajstić information content (AvgIpc) is 3.85. The van der Waals surface area contributed by atoms with Gasteiger partial charge in [0.05, 0.1) is 39.6 Å². The monoisotopic (exact) mass is 871 g/mol. The van der Waals surface area contributed by atoms with Crippen LogP contribution in [0.4, 0.5) is 33.5 Å². The molecule has 2 amide bonds. The van der Waals surface area contributed by atoms with Gasteiger partial charge in [-0.3, -0.25) is 4.79 Å². The molecule has 64 heavy (non-hydrogen) atoms. The van der Waals surface area contributed by atoms with Crippen LogP contribution in [-0.4, -0.2) is 120 Å². The van der Waals surface area contributed by atoms with E-state index in [1.807, 2.05) is 65.1 Å². The Morgan fingerprint density at radius 2 is 1.33 bits per heavy atom. The van der Waals surface area contributed by atoms with Crippen molar-refractivity contribution in [1.82, 2.24) is 24.2 Å². The first-order valence-electron chi connectivity index (χ1n) is 22.9. The first kappa shape index (κ1) is 42.8. The van der Waals surface area contributed by atoms with Crippen LogP contribution in [-0.2, 0) is 39.3 Å². The molecule has 2 aromatic carbocycles. The van der Waals surface area contributed by atoms with Crippen molar-refractivity contribution in [2.45, 2.75) is 77.0 Å². The van der Waals surface area contributed by atoms with Crippen LogP contribution in [0.5, 0.6) is 11.5 Å². The summed E-state index contributed by atoms with van der Waals surface area (Å²) < 4.78 is 5.40. The number of rotatable bonds is 13. The lowest BCUT2D eigenvalue weighted by molar-refractivity contribution is -0.657. The van der Waals surface area contributed by atoms with Crippen LogP contribution in [0.3, 0.4) is 0 Å². The van der Waals surface area contributed by atoms with Crippen molar-refractivity contribution in [2.24, 2.45) is 27.5 Å². The first-order chi connectivity index (χ1) is 31.0. The average molecular weight is 872 g/mol. The number of carbonyl (C=O) groups excluding carboxylic acids is 2. The number of hydrogen-bond acceptors (Lipinski definition) is 12. The third-order valence-corrected chi connectivity index (χ3v) is 13.4. The van der Waals surface area contributed by atoms with E-state index < -0.39 is 0 Å². The Morgan fingerprint density at radius 3 is 1.97 bits per heavy atom. The van der Waals surface area contributed by atoms with E-state index >= 15 is 0 Å². The Morgan fingerprint density at radius 1 is 0.750 bits per heavy atom. The summed E-state index contributed by atoms with van der Waals surface area (Å²) in [6.45, 7) is 6.45. The summed E-state index contributed by atoms with van der Waals surface area (Å²) in [4.78, 5) is 39.0. The molecular weight excluding hydrogens is 811 g/mol. The van der Waals surface area contributed by atoms with Gasteiger partial charge in [0, 0.05) is 105 Å². The zero-order chi connectivity index (χ0) is 44.5. The molecule has 1 atom stereocenters. The quantitative estimate of drug-likeness (QED) is 0.121. The minimum Gasteiger partial charge on any atom is -0.505 e. The van der Waals surface area contributed by atoms with Crippen LogP contribution in [0.25, 0.3) is 0 Å². The maximum Gasteiger partial charge on any atom is 0.497 e. The number of benzene rings is 2. The number of nitrogens with zero attached hydrogens (tertiary/aromatic N) is 13. The van der Waals surface area contributed by atoms with Crippen LogP contribution >= 0.6 is 0 Å². The molecule has 0 saturated heterocycles. The Hall–Kier alpha value is -6.52. The summed E-state index contributed by atoms with van der Waals surface area (Å²) in [5.41, 5.74) is 8.41. The lowest BCUT2D eigenvalue weighted by atomic mass is 9.90. The third kappa shape index (κ3) is 8.46. The van der Waals surface area contributed by atoms with Gasteiger partial charge in [0.25, 0.3) is 5.91 Å². The van der Waals surface area contributed by atoms with Gasteiger partial charge in [-0.15, -0.1) is 10.2 Å². The maximum atomic E-state index is 13.4. The predicted octanol–water partition coefficient (Wildman–Crippen LogP) is 6.06. The van der Waals surface area contributed by atoms with Crippen LogP contribution in [0.1, 0.15) is 71.1 Å². The van der Waals surface area contributed by atoms with Crippen molar-refractivity contribution in [1.29, 1.82) is 0 Å². The molecule has 2 N–H and O–H groups in total. The van der Waals surface area contributed by atoms with E-state index in [0.29, 0.717) is 61.9 Å². The topological polar surface area (TPSA) is 156 Å². The lowest BCUT2D eigenvalue weighted by Gasteiger charge is -2.37. The molecule has 0 spiro atoms. The lowest BCUT2D eigenvalue weighted by Crippen LogP contribution is -2.51. The summed E-state index contributed by atoms with van der Waals surface area (Å²) >= 11 is 0. The standard InChI is InChI=1S/C47H59N13O4/c1-52(17-9-23-58-29-27-53(2)45(58)50-48-38-31-34-11-5-19-56-21-7-13-36(40(34)56)42(38)61)44(63)33-15-25-60(26-16-33)47(64)55(4)18-10-24-59-30-28-54(3)46(59)51-49-39-32-35-12-6-20-57-22-8-14-37(41(35)57)43(39)62/h15-16,25-32,46H,5-14,17-24H2,1-4H3/p+2. The normalized spacial score (nSPS) is 17.7. The number of aromatic hydroxyl groups is 2. The van der Waals surface area contributed by atoms with Crippen LogP contribution in [0, 0.1) is 0 Å². The number of azo groups is 2. The summed E-state index contributed by atoms with van der Waals surface area (Å²) in [7, 11) is 7.43. The van der Waals surface area contributed by atoms with Gasteiger partial charge in [0.1, 0.15) is 35.3 Å². The Bertz CT molecular complexity index is 2490. The Kier molecular flexibility index (Phi) is 12.2. The highest BCUT2D eigenvalue weighted by molar-refractivity contribution is 5.93. The zero-order valence-corrected chi connectivity index (χ0v) is 37.6. The van der Waals surface area contributed by atoms with Crippen molar-refractivity contribution in [2.75, 3.05) is 76.8 Å². The van der Waals surface area contributed by atoms with E-state index in [1.165, 1.54) is 27.1 Å². The second kappa shape index (κ2) is 18.3. The Balaban J connectivity index is 0.746. The second-order valence-electron chi connectivity index (χ2n) is 17.8. The van der Waals surface area contributed by atoms with Gasteiger partial charge in [-0.2, -0.15) is 9.36 Å². The van der Waals surface area contributed by atoms with Crippen molar-refractivity contribution in [3.8, 4) is 11.5 Å². The van der Waals surface area contributed by atoms with Gasteiger partial charge in [-0.25, -0.2) is 14.0 Å². The van der Waals surface area contributed by atoms with E-state index in [0.717, 1.165) is 88.7 Å². The van der Waals surface area contributed by atoms with E-state index in [4.69, 9.17) is 0 Å². The van der Waals surface area contributed by atoms with E-state index in [9.17, 15) is 19.8 Å². The highest BCUT2D eigenvalue weighted by Crippen LogP contribution is 2.47. The zero-order valence-electron chi connectivity index (χ0n) is 37.6. The fourth-order valence-corrected chi connectivity index (χ4v) is 10.0. The molecular formula is C47H61N13O4+2. The largest absolute Gasteiger partial charge is 0.505 e. The van der Waals surface area contributed by atoms with Crippen LogP contribution < -0.4 is 18.9 Å². The van der Waals surface area contributed by atoms with E-state index in [2.05, 4.69) is 35.2 Å². The molecule has 336 valence electrons. The minimum atomic E-state index is -0.354. The van der Waals surface area contributed by atoms with Gasteiger partial charge in [0.2, 0.25) is 6.29 Å². The van der Waals surface area contributed by atoms with Crippen LogP contribution in [0.2, 0.25) is 0 Å². The molecule has 0 bridgehead atoms. The number of carbonyl (C=O) groups is 2. The first-order valence-corrected chi connectivity index (χ1v) is 22.9. The minimum absolute atomic E-state index is 0.130. The number of aryl methyl sites for hydroxylation is 4. The molecule has 17 heteroatoms. The van der Waals surface area contributed by atoms with Crippen molar-refractivity contribution in [3.05, 3.63) is 89.3 Å². The van der Waals surface area contributed by atoms with Crippen molar-refractivity contribution >= 4 is 40.6 Å². The molecule has 5 aliphatic rings. The molecule has 2 aromatic heterocycles. The fourth-order valence-electron chi connectivity index (χ4n) is 10.0. The molecule has 17 nitrogen and oxygen atoms in total. The third-order valence-electron chi connectivity index (χ3n) is 13.4. The summed E-state index contributed by atoms with van der Waals surface area (Å²) in [6.07, 6.45) is 20.0. The summed E-state index contributed by atoms with van der Waals surface area (Å²) in [6, 6.07) is 7.17. The molecule has 4 aromatic rings. The van der Waals surface area contributed by atoms with Crippen molar-refractivity contribution in [3.63, 3.8) is 0 Å². The van der Waals surface area contributed by atoms with E-state index in [1.54, 1.807) is 48.4 Å². The van der Waals surface area contributed by atoms with Gasteiger partial charge >= 0.3 is 12.0 Å². The molecule has 7 heterocycles. The Labute approximate surface area is 374 Å². The maximum absolute atomic E-state index is 13.4. The number of phenols is 2. The number of anilines is 2. The van der Waals surface area contributed by atoms with Gasteiger partial charge in [0.15, 0.2) is 0 Å². The highest BCUT2D eigenvalue weighted by atomic mass is 16.3. The highest BCUT2D eigenvalue weighted by Gasteiger charge is 2.31. The number of pyridine rings is 1. The van der Waals surface area contributed by atoms with Crippen molar-refractivity contribution < 1.29 is 28.9 Å². The molecule has 0 saturated carbocycles. The predicted molar refractivity (Wildman–Crippen MR) is 242 cm³/mol. The number of hydrogen-bond donors (Lipinski definition) is 2. The number of aromatic nitrogens is 3. The van der Waals surface area contributed by atoms with Gasteiger partial charge < -0.3 is 34.7 Å². The molecule has 5 aliphatic heterocycles. The van der Waals surface area contributed by atoms with Crippen LogP contribution in [0.15, 0.2) is 81.9 Å². The number of amides is 2. The summed E-state index contributed by atoms with van der Waals surface area (Å²) in [5.74, 6) is 0.998. The molecule has 0 aliphatic carbocycles. The molecule has 0 radical (unpaired) electrons. The van der Waals surface area contributed by atoms with E-state index in [-0.39, 0.29) is 29.7 Å². The SMILES string of the molecule is CN(CCCn1cc[n+](C)c1N=Nc1cc2c3c(c1O)CCCN3CCC2)C(=O)c1cc[n+](C(=O)N(C)CCCN2C=CN(C)C2N=Nc2cc3c4c(c2O)CCCN4CCC3)cc1. The second-order valence-corrected chi connectivity index (χ2v) is 17.8. The molecule has 0 fully saturated rings.